The number of hydrogen-bond donors (Lipinski definition) is 2. The molecule has 1 aromatic carbocycles. The second-order valence-electron chi connectivity index (χ2n) is 7.24. The Morgan fingerprint density at radius 2 is 2.14 bits per heavy atom. The van der Waals surface area contributed by atoms with Crippen molar-refractivity contribution in [2.75, 3.05) is 17.3 Å². The molecule has 1 aliphatic rings. The largest absolute Gasteiger partial charge is 0.370 e. The van der Waals surface area contributed by atoms with Crippen LogP contribution in [0.5, 0.6) is 0 Å². The molecule has 0 atom stereocenters. The van der Waals surface area contributed by atoms with E-state index in [2.05, 4.69) is 16.4 Å². The number of amides is 1. The van der Waals surface area contributed by atoms with Gasteiger partial charge in [-0.25, -0.2) is 0 Å². The van der Waals surface area contributed by atoms with Crippen LogP contribution < -0.4 is 15.8 Å². The molecule has 0 radical (unpaired) electrons. The van der Waals surface area contributed by atoms with Gasteiger partial charge in [-0.05, 0) is 48.9 Å². The highest BCUT2D eigenvalue weighted by molar-refractivity contribution is 7.14. The van der Waals surface area contributed by atoms with Gasteiger partial charge in [-0.3, -0.25) is 9.59 Å². The summed E-state index contributed by atoms with van der Waals surface area (Å²) >= 11 is 1.50. The molecule has 7 heteroatoms. The molecule has 2 heterocycles. The van der Waals surface area contributed by atoms with E-state index in [1.807, 2.05) is 54.6 Å². The van der Waals surface area contributed by atoms with Crippen LogP contribution in [0.3, 0.4) is 0 Å². The smallest absolute Gasteiger partial charge is 0.268 e. The minimum atomic E-state index is -0.381. The summed E-state index contributed by atoms with van der Waals surface area (Å²) in [5.74, 6) is -0.0328. The summed E-state index contributed by atoms with van der Waals surface area (Å²) in [4.78, 5) is 29.6. The van der Waals surface area contributed by atoms with Crippen LogP contribution in [-0.4, -0.2) is 24.0 Å². The van der Waals surface area contributed by atoms with Gasteiger partial charge in [0.15, 0.2) is 0 Å². The van der Waals surface area contributed by atoms with Gasteiger partial charge in [-0.1, -0.05) is 12.1 Å². The molecule has 0 spiro atoms. The first kappa shape index (κ1) is 18.3. The second-order valence-corrected chi connectivity index (χ2v) is 8.19. The van der Waals surface area contributed by atoms with Gasteiger partial charge in [-0.15, -0.1) is 11.3 Å². The van der Waals surface area contributed by atoms with Crippen LogP contribution in [0.25, 0.3) is 10.9 Å². The van der Waals surface area contributed by atoms with E-state index < -0.39 is 0 Å². The lowest BCUT2D eigenvalue weighted by molar-refractivity contribution is -0.122. The van der Waals surface area contributed by atoms with Crippen molar-refractivity contribution in [1.29, 1.82) is 5.26 Å². The molecule has 0 unspecified atom stereocenters. The third-order valence-electron chi connectivity index (χ3n) is 5.41. The summed E-state index contributed by atoms with van der Waals surface area (Å²) in [5, 5.41) is 16.1. The molecule has 0 aliphatic heterocycles. The van der Waals surface area contributed by atoms with E-state index >= 15 is 0 Å². The zero-order chi connectivity index (χ0) is 19.8. The molecule has 0 saturated heterocycles. The van der Waals surface area contributed by atoms with E-state index in [0.717, 1.165) is 21.5 Å². The van der Waals surface area contributed by atoms with Crippen LogP contribution in [0, 0.1) is 24.2 Å². The summed E-state index contributed by atoms with van der Waals surface area (Å²) in [7, 11) is 1.90. The summed E-state index contributed by atoms with van der Waals surface area (Å²) in [6, 6.07) is 11.8. The average molecular weight is 392 g/mol. The van der Waals surface area contributed by atoms with E-state index in [0.29, 0.717) is 18.5 Å². The van der Waals surface area contributed by atoms with Gasteiger partial charge in [-0.2, -0.15) is 5.26 Å². The Hall–Kier alpha value is -3.11. The summed E-state index contributed by atoms with van der Waals surface area (Å²) < 4.78 is 0. The number of carbonyl (C=O) groups is 1. The number of H-pyrrole nitrogens is 1. The third-order valence-corrected chi connectivity index (χ3v) is 6.19. The first-order valence-corrected chi connectivity index (χ1v) is 10.00. The highest BCUT2D eigenvalue weighted by atomic mass is 32.1. The number of hydrogen-bond acceptors (Lipinski definition) is 5. The van der Waals surface area contributed by atoms with Crippen LogP contribution in [0.1, 0.15) is 24.0 Å². The molecule has 1 saturated carbocycles. The van der Waals surface area contributed by atoms with Crippen molar-refractivity contribution in [3.63, 3.8) is 0 Å². The topological polar surface area (TPSA) is 89.0 Å². The van der Waals surface area contributed by atoms with Crippen LogP contribution in [0.4, 0.5) is 10.7 Å². The maximum absolute atomic E-state index is 12.4. The SMILES string of the molecule is Cc1ccc2c(N(C)C3CC(C(=O)Nc4cccs4)C3)c(C#N)c(=O)[nH]c2c1. The molecule has 6 nitrogen and oxygen atoms in total. The summed E-state index contributed by atoms with van der Waals surface area (Å²) in [6.07, 6.45) is 1.39. The molecule has 1 fully saturated rings. The molecule has 1 aliphatic carbocycles. The maximum atomic E-state index is 12.4. The number of aromatic nitrogens is 1. The Kier molecular flexibility index (Phi) is 4.65. The lowest BCUT2D eigenvalue weighted by Gasteiger charge is -2.42. The van der Waals surface area contributed by atoms with E-state index in [1.165, 1.54) is 11.3 Å². The van der Waals surface area contributed by atoms with E-state index in [-0.39, 0.29) is 29.0 Å². The van der Waals surface area contributed by atoms with Crippen molar-refractivity contribution >= 4 is 38.8 Å². The standard InChI is InChI=1S/C21H20N4O2S/c1-12-5-6-15-17(8-12)23-21(27)16(11-22)19(15)25(2)14-9-13(10-14)20(26)24-18-4-3-7-28-18/h3-8,13-14H,9-10H2,1-2H3,(H,23,27)(H,24,26). The number of aromatic amines is 1. The minimum Gasteiger partial charge on any atom is -0.370 e. The summed E-state index contributed by atoms with van der Waals surface area (Å²) in [6.45, 7) is 1.96. The number of nitrogens with one attached hydrogen (secondary N) is 2. The quantitative estimate of drug-likeness (QED) is 0.710. The molecule has 28 heavy (non-hydrogen) atoms. The zero-order valence-corrected chi connectivity index (χ0v) is 16.5. The van der Waals surface area contributed by atoms with Crippen LogP contribution in [0.2, 0.25) is 0 Å². The van der Waals surface area contributed by atoms with Crippen LogP contribution in [-0.2, 0) is 4.79 Å². The number of nitrogens with zero attached hydrogens (tertiary/aromatic N) is 2. The minimum absolute atomic E-state index is 0.0269. The number of pyridine rings is 1. The third kappa shape index (κ3) is 3.16. The molecular weight excluding hydrogens is 372 g/mol. The highest BCUT2D eigenvalue weighted by Gasteiger charge is 2.38. The Balaban J connectivity index is 1.58. The van der Waals surface area contributed by atoms with E-state index in [4.69, 9.17) is 0 Å². The number of rotatable bonds is 4. The number of anilines is 2. The van der Waals surface area contributed by atoms with Crippen LogP contribution >= 0.6 is 11.3 Å². The first-order valence-electron chi connectivity index (χ1n) is 9.12. The summed E-state index contributed by atoms with van der Waals surface area (Å²) in [5.41, 5.74) is 2.13. The number of carbonyl (C=O) groups excluding carboxylic acids is 1. The molecule has 2 aromatic heterocycles. The van der Waals surface area contributed by atoms with Gasteiger partial charge >= 0.3 is 0 Å². The average Bonchev–Trinajstić information content (AvgIpc) is 3.11. The van der Waals surface area contributed by atoms with Gasteiger partial charge in [0.25, 0.3) is 5.56 Å². The second kappa shape index (κ2) is 7.13. The molecule has 3 aromatic rings. The van der Waals surface area contributed by atoms with Crippen LogP contribution in [0.15, 0.2) is 40.5 Å². The van der Waals surface area contributed by atoms with Crippen molar-refractivity contribution < 1.29 is 4.79 Å². The van der Waals surface area contributed by atoms with Crippen molar-refractivity contribution in [3.8, 4) is 6.07 Å². The van der Waals surface area contributed by atoms with E-state index in [1.54, 1.807) is 0 Å². The molecule has 2 N–H and O–H groups in total. The van der Waals surface area contributed by atoms with Crippen molar-refractivity contribution in [1.82, 2.24) is 4.98 Å². The zero-order valence-electron chi connectivity index (χ0n) is 15.7. The van der Waals surface area contributed by atoms with Gasteiger partial charge < -0.3 is 15.2 Å². The van der Waals surface area contributed by atoms with Crippen molar-refractivity contribution in [2.24, 2.45) is 5.92 Å². The number of aryl methyl sites for hydroxylation is 1. The molecule has 142 valence electrons. The Morgan fingerprint density at radius 3 is 2.82 bits per heavy atom. The maximum Gasteiger partial charge on any atom is 0.268 e. The highest BCUT2D eigenvalue weighted by Crippen LogP contribution is 2.38. The lowest BCUT2D eigenvalue weighted by Crippen LogP contribution is -2.47. The number of thiophene rings is 1. The number of nitriles is 1. The lowest BCUT2D eigenvalue weighted by atomic mass is 9.78. The fraction of sp³-hybridized carbons (Fsp3) is 0.286. The molecular formula is C21H20N4O2S. The monoisotopic (exact) mass is 392 g/mol. The van der Waals surface area contributed by atoms with Gasteiger partial charge in [0, 0.05) is 24.4 Å². The Morgan fingerprint density at radius 1 is 1.36 bits per heavy atom. The Labute approximate surface area is 166 Å². The van der Waals surface area contributed by atoms with Gasteiger partial charge in [0.1, 0.15) is 11.6 Å². The Bertz CT molecular complexity index is 1140. The fourth-order valence-electron chi connectivity index (χ4n) is 3.74. The predicted octanol–water partition coefficient (Wildman–Crippen LogP) is 3.62. The molecule has 4 rings (SSSR count). The molecule has 1 amide bonds. The normalized spacial score (nSPS) is 18.3. The number of fused-ring (bicyclic) bond motifs is 1. The van der Waals surface area contributed by atoms with Gasteiger partial charge in [0.05, 0.1) is 16.2 Å². The van der Waals surface area contributed by atoms with Crippen molar-refractivity contribution in [2.45, 2.75) is 25.8 Å². The van der Waals surface area contributed by atoms with Gasteiger partial charge in [0.2, 0.25) is 5.91 Å². The van der Waals surface area contributed by atoms with Crippen molar-refractivity contribution in [3.05, 3.63) is 57.2 Å². The predicted molar refractivity (Wildman–Crippen MR) is 112 cm³/mol. The fourth-order valence-corrected chi connectivity index (χ4v) is 4.36. The number of benzene rings is 1. The first-order chi connectivity index (χ1) is 13.5. The molecule has 0 bridgehead atoms. The van der Waals surface area contributed by atoms with E-state index in [9.17, 15) is 14.9 Å².